The number of carbonyl (C=O) groups excluding carboxylic acids is 1. The van der Waals surface area contributed by atoms with Crippen molar-refractivity contribution in [2.75, 3.05) is 19.7 Å². The molecular formula is C17H25NO2. The topological polar surface area (TPSA) is 29.5 Å². The minimum absolute atomic E-state index is 0.0298. The molecular weight excluding hydrogens is 250 g/mol. The summed E-state index contributed by atoms with van der Waals surface area (Å²) in [6, 6.07) is 6.59. The number of likely N-dealkylation sites (tertiary alicyclic amines) is 1. The van der Waals surface area contributed by atoms with E-state index >= 15 is 0 Å². The van der Waals surface area contributed by atoms with Gasteiger partial charge in [-0.25, -0.2) is 0 Å². The second-order valence-electron chi connectivity index (χ2n) is 5.76. The molecule has 0 radical (unpaired) electrons. The maximum absolute atomic E-state index is 11.9. The molecule has 3 heteroatoms. The van der Waals surface area contributed by atoms with Crippen molar-refractivity contribution < 1.29 is 9.53 Å². The van der Waals surface area contributed by atoms with Crippen LogP contribution in [0.3, 0.4) is 0 Å². The summed E-state index contributed by atoms with van der Waals surface area (Å²) in [7, 11) is 0. The van der Waals surface area contributed by atoms with Gasteiger partial charge < -0.3 is 4.74 Å². The van der Waals surface area contributed by atoms with E-state index in [1.54, 1.807) is 0 Å². The van der Waals surface area contributed by atoms with E-state index in [4.69, 9.17) is 4.74 Å². The van der Waals surface area contributed by atoms with Crippen LogP contribution in [0.15, 0.2) is 18.2 Å². The number of carbonyl (C=O) groups is 1. The van der Waals surface area contributed by atoms with Gasteiger partial charge in [0.2, 0.25) is 0 Å². The van der Waals surface area contributed by atoms with Crippen LogP contribution < -0.4 is 0 Å². The Morgan fingerprint density at radius 3 is 2.90 bits per heavy atom. The highest BCUT2D eigenvalue weighted by Crippen LogP contribution is 2.21. The average molecular weight is 275 g/mol. The van der Waals surface area contributed by atoms with E-state index in [2.05, 4.69) is 36.9 Å². The minimum atomic E-state index is -0.0298. The Bertz CT molecular complexity index is 470. The van der Waals surface area contributed by atoms with Crippen molar-refractivity contribution in [3.63, 3.8) is 0 Å². The molecule has 0 amide bonds. The Hall–Kier alpha value is -1.35. The number of rotatable bonds is 4. The van der Waals surface area contributed by atoms with Gasteiger partial charge in [0.25, 0.3) is 0 Å². The number of piperidine rings is 1. The lowest BCUT2D eigenvalue weighted by atomic mass is 9.97. The largest absolute Gasteiger partial charge is 0.466 e. The second-order valence-corrected chi connectivity index (χ2v) is 5.76. The monoisotopic (exact) mass is 275 g/mol. The van der Waals surface area contributed by atoms with Crippen LogP contribution >= 0.6 is 0 Å². The molecule has 1 aromatic carbocycles. The van der Waals surface area contributed by atoms with E-state index < -0.39 is 0 Å². The van der Waals surface area contributed by atoms with Crippen LogP contribution in [0.5, 0.6) is 0 Å². The molecule has 1 atom stereocenters. The molecule has 0 bridgehead atoms. The summed E-state index contributed by atoms with van der Waals surface area (Å²) in [6.07, 6.45) is 2.04. The number of hydrogen-bond acceptors (Lipinski definition) is 3. The molecule has 1 heterocycles. The normalized spacial score (nSPS) is 19.9. The second kappa shape index (κ2) is 6.89. The molecule has 1 aliphatic rings. The predicted octanol–water partition coefficient (Wildman–Crippen LogP) is 3.08. The lowest BCUT2D eigenvalue weighted by molar-refractivity contribution is -0.150. The zero-order chi connectivity index (χ0) is 14.5. The Morgan fingerprint density at radius 1 is 1.40 bits per heavy atom. The van der Waals surface area contributed by atoms with Crippen LogP contribution in [0.2, 0.25) is 0 Å². The molecule has 0 saturated carbocycles. The third-order valence-corrected chi connectivity index (χ3v) is 4.02. The molecule has 20 heavy (non-hydrogen) atoms. The van der Waals surface area contributed by atoms with Crippen LogP contribution in [-0.2, 0) is 16.1 Å². The van der Waals surface area contributed by atoms with Gasteiger partial charge in [0, 0.05) is 13.1 Å². The van der Waals surface area contributed by atoms with Crippen molar-refractivity contribution >= 4 is 5.97 Å². The molecule has 1 aliphatic heterocycles. The lowest BCUT2D eigenvalue weighted by Gasteiger charge is -2.31. The first-order valence-corrected chi connectivity index (χ1v) is 7.55. The van der Waals surface area contributed by atoms with E-state index in [1.165, 1.54) is 16.7 Å². The van der Waals surface area contributed by atoms with Gasteiger partial charge in [-0.2, -0.15) is 0 Å². The molecule has 110 valence electrons. The first-order chi connectivity index (χ1) is 9.60. The summed E-state index contributed by atoms with van der Waals surface area (Å²) in [5.41, 5.74) is 4.00. The van der Waals surface area contributed by atoms with E-state index in [0.29, 0.717) is 6.61 Å². The molecule has 2 rings (SSSR count). The average Bonchev–Trinajstić information content (AvgIpc) is 2.43. The van der Waals surface area contributed by atoms with Crippen molar-refractivity contribution in [2.45, 2.75) is 40.2 Å². The van der Waals surface area contributed by atoms with Gasteiger partial charge in [-0.3, -0.25) is 9.69 Å². The van der Waals surface area contributed by atoms with Gasteiger partial charge in [-0.15, -0.1) is 0 Å². The van der Waals surface area contributed by atoms with Gasteiger partial charge in [0.05, 0.1) is 12.5 Å². The van der Waals surface area contributed by atoms with Crippen LogP contribution in [0.1, 0.15) is 36.5 Å². The fraction of sp³-hybridized carbons (Fsp3) is 0.588. The van der Waals surface area contributed by atoms with Gasteiger partial charge in [-0.05, 0) is 51.3 Å². The molecule has 0 spiro atoms. The highest BCUT2D eigenvalue weighted by Gasteiger charge is 2.26. The smallest absolute Gasteiger partial charge is 0.310 e. The maximum atomic E-state index is 11.9. The fourth-order valence-corrected chi connectivity index (χ4v) is 2.92. The van der Waals surface area contributed by atoms with Crippen LogP contribution in [0, 0.1) is 19.8 Å². The van der Waals surface area contributed by atoms with Crippen LogP contribution in [-0.4, -0.2) is 30.6 Å². The molecule has 0 N–H and O–H groups in total. The van der Waals surface area contributed by atoms with Crippen molar-refractivity contribution in [1.29, 1.82) is 0 Å². The Balaban J connectivity index is 1.97. The third-order valence-electron chi connectivity index (χ3n) is 4.02. The predicted molar refractivity (Wildman–Crippen MR) is 80.6 cm³/mol. The van der Waals surface area contributed by atoms with Gasteiger partial charge in [-0.1, -0.05) is 23.8 Å². The van der Waals surface area contributed by atoms with Crippen molar-refractivity contribution in [3.8, 4) is 0 Å². The van der Waals surface area contributed by atoms with E-state index in [0.717, 1.165) is 32.5 Å². The first kappa shape index (κ1) is 15.0. The molecule has 0 aromatic heterocycles. The van der Waals surface area contributed by atoms with Gasteiger partial charge >= 0.3 is 5.97 Å². The van der Waals surface area contributed by atoms with E-state index in [1.807, 2.05) is 6.92 Å². The van der Waals surface area contributed by atoms with Crippen molar-refractivity contribution in [3.05, 3.63) is 34.9 Å². The summed E-state index contributed by atoms with van der Waals surface area (Å²) in [5.74, 6) is 0.0206. The molecule has 1 fully saturated rings. The number of aryl methyl sites for hydroxylation is 2. The first-order valence-electron chi connectivity index (χ1n) is 7.55. The zero-order valence-electron chi connectivity index (χ0n) is 12.8. The van der Waals surface area contributed by atoms with Gasteiger partial charge in [0.1, 0.15) is 0 Å². The Kier molecular flexibility index (Phi) is 5.18. The number of ether oxygens (including phenoxy) is 1. The Labute approximate surface area is 121 Å². The highest BCUT2D eigenvalue weighted by molar-refractivity contribution is 5.72. The SMILES string of the molecule is CCOC(=O)[C@@H]1CCCN(Cc2ccc(C)cc2C)C1. The minimum Gasteiger partial charge on any atom is -0.466 e. The fourth-order valence-electron chi connectivity index (χ4n) is 2.92. The number of nitrogens with zero attached hydrogens (tertiary/aromatic N) is 1. The number of benzene rings is 1. The zero-order valence-corrected chi connectivity index (χ0v) is 12.8. The molecule has 1 aromatic rings. The molecule has 3 nitrogen and oxygen atoms in total. The molecule has 1 saturated heterocycles. The summed E-state index contributed by atoms with van der Waals surface area (Å²) in [5, 5.41) is 0. The van der Waals surface area contributed by atoms with Crippen molar-refractivity contribution in [1.82, 2.24) is 4.90 Å². The summed E-state index contributed by atoms with van der Waals surface area (Å²) in [4.78, 5) is 14.2. The van der Waals surface area contributed by atoms with Crippen LogP contribution in [0.25, 0.3) is 0 Å². The van der Waals surface area contributed by atoms with E-state index in [-0.39, 0.29) is 11.9 Å². The number of hydrogen-bond donors (Lipinski definition) is 0. The lowest BCUT2D eigenvalue weighted by Crippen LogP contribution is -2.39. The van der Waals surface area contributed by atoms with E-state index in [9.17, 15) is 4.79 Å². The summed E-state index contributed by atoms with van der Waals surface area (Å²) in [6.45, 7) is 9.46. The third kappa shape index (κ3) is 3.83. The number of esters is 1. The summed E-state index contributed by atoms with van der Waals surface area (Å²) < 4.78 is 5.15. The molecule has 0 aliphatic carbocycles. The quantitative estimate of drug-likeness (QED) is 0.791. The van der Waals surface area contributed by atoms with Crippen molar-refractivity contribution in [2.24, 2.45) is 5.92 Å². The standard InChI is InChI=1S/C17H25NO2/c1-4-20-17(19)16-6-5-9-18(12-16)11-15-8-7-13(2)10-14(15)3/h7-8,10,16H,4-6,9,11-12H2,1-3H3/t16-/m1/s1. The Morgan fingerprint density at radius 2 is 2.20 bits per heavy atom. The summed E-state index contributed by atoms with van der Waals surface area (Å²) >= 11 is 0. The van der Waals surface area contributed by atoms with Crippen LogP contribution in [0.4, 0.5) is 0 Å². The van der Waals surface area contributed by atoms with Gasteiger partial charge in [0.15, 0.2) is 0 Å². The molecule has 0 unspecified atom stereocenters. The maximum Gasteiger partial charge on any atom is 0.310 e. The highest BCUT2D eigenvalue weighted by atomic mass is 16.5.